The standard InChI is InChI=1S/C19H14N2O3S2/c22-11-4-5-12-10(6-16(23)24-14(12)7-11)8-25-18-17-13-2-1-3-15(13)26-19(17)21-9-20-18/h4-7,9,22H,1-3,8H2. The lowest BCUT2D eigenvalue weighted by molar-refractivity contribution is 0.473. The monoisotopic (exact) mass is 382 g/mol. The van der Waals surface area contributed by atoms with Gasteiger partial charge in [-0.15, -0.1) is 23.1 Å². The molecule has 1 N–H and O–H groups in total. The van der Waals surface area contributed by atoms with E-state index in [4.69, 9.17) is 4.42 Å². The molecule has 0 radical (unpaired) electrons. The minimum atomic E-state index is -0.414. The number of thioether (sulfide) groups is 1. The molecule has 0 spiro atoms. The molecule has 0 fully saturated rings. The van der Waals surface area contributed by atoms with Crippen molar-refractivity contribution in [3.63, 3.8) is 0 Å². The Hall–Kier alpha value is -2.38. The summed E-state index contributed by atoms with van der Waals surface area (Å²) >= 11 is 3.39. The number of aryl methyl sites for hydroxylation is 2. The zero-order valence-electron chi connectivity index (χ0n) is 13.7. The second-order valence-electron chi connectivity index (χ2n) is 6.28. The molecule has 4 aromatic rings. The van der Waals surface area contributed by atoms with Crippen LogP contribution in [0.25, 0.3) is 21.2 Å². The molecule has 1 aliphatic rings. The first-order valence-corrected chi connectivity index (χ1v) is 10.1. The van der Waals surface area contributed by atoms with E-state index in [0.717, 1.165) is 33.6 Å². The average Bonchev–Trinajstić information content (AvgIpc) is 3.20. The van der Waals surface area contributed by atoms with Crippen molar-refractivity contribution in [2.75, 3.05) is 0 Å². The third-order valence-corrected chi connectivity index (χ3v) is 6.88. The molecule has 5 nitrogen and oxygen atoms in total. The van der Waals surface area contributed by atoms with Crippen LogP contribution in [0.5, 0.6) is 5.75 Å². The zero-order chi connectivity index (χ0) is 17.7. The maximum atomic E-state index is 11.9. The lowest BCUT2D eigenvalue weighted by atomic mass is 10.1. The van der Waals surface area contributed by atoms with Crippen LogP contribution in [0.15, 0.2) is 44.8 Å². The molecule has 3 heterocycles. The van der Waals surface area contributed by atoms with Crippen molar-refractivity contribution in [1.82, 2.24) is 9.97 Å². The van der Waals surface area contributed by atoms with E-state index < -0.39 is 5.63 Å². The molecular formula is C19H14N2O3S2. The van der Waals surface area contributed by atoms with E-state index in [1.165, 1.54) is 34.4 Å². The number of aromatic nitrogens is 2. The van der Waals surface area contributed by atoms with Gasteiger partial charge in [-0.25, -0.2) is 14.8 Å². The highest BCUT2D eigenvalue weighted by Gasteiger charge is 2.21. The molecule has 0 saturated carbocycles. The Balaban J connectivity index is 1.55. The van der Waals surface area contributed by atoms with Crippen LogP contribution >= 0.6 is 23.1 Å². The SMILES string of the molecule is O=c1cc(CSc2ncnc3sc4c(c23)CCC4)c2ccc(O)cc2o1. The summed E-state index contributed by atoms with van der Waals surface area (Å²) in [5.74, 6) is 0.681. The van der Waals surface area contributed by atoms with E-state index in [0.29, 0.717) is 11.3 Å². The normalized spacial score (nSPS) is 13.5. The third kappa shape index (κ3) is 2.59. The maximum Gasteiger partial charge on any atom is 0.336 e. The van der Waals surface area contributed by atoms with Gasteiger partial charge in [-0.3, -0.25) is 0 Å². The van der Waals surface area contributed by atoms with Gasteiger partial charge in [-0.1, -0.05) is 0 Å². The molecule has 7 heteroatoms. The molecule has 0 aliphatic heterocycles. The minimum absolute atomic E-state index is 0.0804. The highest BCUT2D eigenvalue weighted by molar-refractivity contribution is 7.98. The molecule has 0 bridgehead atoms. The van der Waals surface area contributed by atoms with Crippen LogP contribution in [0.1, 0.15) is 22.4 Å². The third-order valence-electron chi connectivity index (χ3n) is 4.64. The summed E-state index contributed by atoms with van der Waals surface area (Å²) in [6.45, 7) is 0. The van der Waals surface area contributed by atoms with E-state index in [-0.39, 0.29) is 5.75 Å². The number of rotatable bonds is 3. The van der Waals surface area contributed by atoms with Crippen molar-refractivity contribution in [3.05, 3.63) is 57.0 Å². The first-order chi connectivity index (χ1) is 12.7. The average molecular weight is 382 g/mol. The Morgan fingerprint density at radius 3 is 3.08 bits per heavy atom. The number of hydrogen-bond donors (Lipinski definition) is 1. The summed E-state index contributed by atoms with van der Waals surface area (Å²) in [5, 5.41) is 12.6. The van der Waals surface area contributed by atoms with Crippen LogP contribution in [0, 0.1) is 0 Å². The number of aromatic hydroxyl groups is 1. The minimum Gasteiger partial charge on any atom is -0.508 e. The molecular weight excluding hydrogens is 368 g/mol. The fourth-order valence-corrected chi connectivity index (χ4v) is 5.80. The van der Waals surface area contributed by atoms with Crippen LogP contribution < -0.4 is 5.63 Å². The number of hydrogen-bond acceptors (Lipinski definition) is 7. The largest absolute Gasteiger partial charge is 0.508 e. The van der Waals surface area contributed by atoms with Gasteiger partial charge in [0.2, 0.25) is 0 Å². The molecule has 26 heavy (non-hydrogen) atoms. The Bertz CT molecular complexity index is 1210. The Kier molecular flexibility index (Phi) is 3.72. The van der Waals surface area contributed by atoms with Crippen molar-refractivity contribution in [2.45, 2.75) is 30.0 Å². The van der Waals surface area contributed by atoms with Crippen molar-refractivity contribution < 1.29 is 9.52 Å². The van der Waals surface area contributed by atoms with Crippen molar-refractivity contribution in [2.24, 2.45) is 0 Å². The Labute approximate surface area is 156 Å². The lowest BCUT2D eigenvalue weighted by Crippen LogP contribution is -2.00. The molecule has 5 rings (SSSR count). The van der Waals surface area contributed by atoms with Gasteiger partial charge in [0.25, 0.3) is 0 Å². The second-order valence-corrected chi connectivity index (χ2v) is 8.32. The molecule has 3 aromatic heterocycles. The second kappa shape index (κ2) is 6.10. The number of nitrogens with zero attached hydrogens (tertiary/aromatic N) is 2. The quantitative estimate of drug-likeness (QED) is 0.324. The molecule has 0 amide bonds. The predicted molar refractivity (Wildman–Crippen MR) is 103 cm³/mol. The first-order valence-electron chi connectivity index (χ1n) is 8.33. The fourth-order valence-electron chi connectivity index (χ4n) is 3.49. The highest BCUT2D eigenvalue weighted by atomic mass is 32.2. The number of thiophene rings is 1. The number of benzene rings is 1. The fraction of sp³-hybridized carbons (Fsp3) is 0.211. The van der Waals surface area contributed by atoms with E-state index in [9.17, 15) is 9.90 Å². The first kappa shape index (κ1) is 15.8. The smallest absolute Gasteiger partial charge is 0.336 e. The van der Waals surface area contributed by atoms with Crippen LogP contribution in [-0.4, -0.2) is 15.1 Å². The molecule has 0 atom stereocenters. The summed E-state index contributed by atoms with van der Waals surface area (Å²) in [5.41, 5.74) is 2.26. The number of phenols is 1. The molecule has 1 aromatic carbocycles. The number of phenolic OH excluding ortho intramolecular Hbond substituents is 1. The lowest BCUT2D eigenvalue weighted by Gasteiger charge is -2.07. The topological polar surface area (TPSA) is 76.2 Å². The van der Waals surface area contributed by atoms with Gasteiger partial charge in [-0.05, 0) is 42.5 Å². The molecule has 1 aliphatic carbocycles. The van der Waals surface area contributed by atoms with E-state index in [2.05, 4.69) is 9.97 Å². The van der Waals surface area contributed by atoms with E-state index in [1.807, 2.05) is 0 Å². The van der Waals surface area contributed by atoms with Gasteiger partial charge in [0.15, 0.2) is 0 Å². The van der Waals surface area contributed by atoms with E-state index >= 15 is 0 Å². The van der Waals surface area contributed by atoms with Crippen LogP contribution in [0.4, 0.5) is 0 Å². The van der Waals surface area contributed by atoms with Gasteiger partial charge in [0, 0.05) is 33.5 Å². The summed E-state index contributed by atoms with van der Waals surface area (Å²) in [6, 6.07) is 6.37. The van der Waals surface area contributed by atoms with E-state index in [1.54, 1.807) is 41.6 Å². The van der Waals surface area contributed by atoms with Gasteiger partial charge in [0.1, 0.15) is 27.5 Å². The van der Waals surface area contributed by atoms with Gasteiger partial charge < -0.3 is 9.52 Å². The Morgan fingerprint density at radius 1 is 1.23 bits per heavy atom. The Morgan fingerprint density at radius 2 is 2.15 bits per heavy atom. The van der Waals surface area contributed by atoms with Crippen molar-refractivity contribution in [1.29, 1.82) is 0 Å². The van der Waals surface area contributed by atoms with Gasteiger partial charge in [-0.2, -0.15) is 0 Å². The predicted octanol–water partition coefficient (Wildman–Crippen LogP) is 4.28. The number of fused-ring (bicyclic) bond motifs is 4. The molecule has 130 valence electrons. The zero-order valence-corrected chi connectivity index (χ0v) is 15.3. The maximum absolute atomic E-state index is 11.9. The van der Waals surface area contributed by atoms with Crippen LogP contribution in [0.2, 0.25) is 0 Å². The molecule has 0 saturated heterocycles. The van der Waals surface area contributed by atoms with Crippen LogP contribution in [0.3, 0.4) is 0 Å². The van der Waals surface area contributed by atoms with Crippen molar-refractivity contribution in [3.8, 4) is 5.75 Å². The van der Waals surface area contributed by atoms with Crippen LogP contribution in [-0.2, 0) is 18.6 Å². The van der Waals surface area contributed by atoms with Gasteiger partial charge >= 0.3 is 5.63 Å². The molecule has 0 unspecified atom stereocenters. The van der Waals surface area contributed by atoms with Crippen molar-refractivity contribution >= 4 is 44.3 Å². The summed E-state index contributed by atoms with van der Waals surface area (Å²) in [4.78, 5) is 23.3. The highest BCUT2D eigenvalue weighted by Crippen LogP contribution is 2.40. The van der Waals surface area contributed by atoms with Gasteiger partial charge in [0.05, 0.1) is 0 Å². The summed E-state index contributed by atoms with van der Waals surface area (Å²) in [7, 11) is 0. The summed E-state index contributed by atoms with van der Waals surface area (Å²) < 4.78 is 5.20. The summed E-state index contributed by atoms with van der Waals surface area (Å²) in [6.07, 6.45) is 5.04.